The van der Waals surface area contributed by atoms with Crippen molar-refractivity contribution in [3.05, 3.63) is 59.2 Å². The van der Waals surface area contributed by atoms with Gasteiger partial charge in [-0.05, 0) is 54.8 Å². The van der Waals surface area contributed by atoms with Gasteiger partial charge in [0.15, 0.2) is 17.5 Å². The van der Waals surface area contributed by atoms with Crippen LogP contribution in [0.4, 0.5) is 8.78 Å². The van der Waals surface area contributed by atoms with Crippen molar-refractivity contribution in [1.29, 1.82) is 0 Å². The summed E-state index contributed by atoms with van der Waals surface area (Å²) in [4.78, 5) is 4.52. The first-order chi connectivity index (χ1) is 13.1. The van der Waals surface area contributed by atoms with Gasteiger partial charge in [0.25, 0.3) is 0 Å². The predicted molar refractivity (Wildman–Crippen MR) is 118 cm³/mol. The molecule has 0 aliphatic rings. The number of benzene rings is 2. The first-order valence-corrected chi connectivity index (χ1v) is 8.74. The van der Waals surface area contributed by atoms with Crippen LogP contribution in [-0.2, 0) is 13.0 Å². The van der Waals surface area contributed by atoms with E-state index in [1.807, 2.05) is 25.1 Å². The molecular weight excluding hydrogens is 479 g/mol. The quantitative estimate of drug-likeness (QED) is 0.325. The molecule has 0 aliphatic carbocycles. The Morgan fingerprint density at radius 1 is 1.00 bits per heavy atom. The second-order valence-corrected chi connectivity index (χ2v) is 5.80. The molecule has 0 saturated heterocycles. The van der Waals surface area contributed by atoms with Crippen LogP contribution in [0.1, 0.15) is 18.1 Å². The molecule has 154 valence electrons. The molecule has 5 nitrogen and oxygen atoms in total. The summed E-state index contributed by atoms with van der Waals surface area (Å²) < 4.78 is 37.4. The molecule has 0 fully saturated rings. The van der Waals surface area contributed by atoms with E-state index in [-0.39, 0.29) is 24.0 Å². The standard InChI is InChI=1S/C20H25F2N3O2.HI/c1-4-23-20(24-10-9-15-12-16(21)6-7-17(15)22)25-13-14-5-8-18(26-2)19(11-14)27-3;/h5-8,11-12H,4,9-10,13H2,1-3H3,(H2,23,24,25);1H. The molecule has 0 spiro atoms. The third kappa shape index (κ3) is 7.14. The van der Waals surface area contributed by atoms with E-state index in [1.54, 1.807) is 14.2 Å². The summed E-state index contributed by atoms with van der Waals surface area (Å²) in [6, 6.07) is 9.08. The van der Waals surface area contributed by atoms with Crippen LogP contribution in [0.15, 0.2) is 41.4 Å². The van der Waals surface area contributed by atoms with Crippen LogP contribution < -0.4 is 20.1 Å². The summed E-state index contributed by atoms with van der Waals surface area (Å²) in [5.74, 6) is 1.05. The van der Waals surface area contributed by atoms with E-state index in [0.717, 1.165) is 17.7 Å². The number of nitrogens with one attached hydrogen (secondary N) is 2. The topological polar surface area (TPSA) is 54.9 Å². The van der Waals surface area contributed by atoms with Gasteiger partial charge in [-0.2, -0.15) is 0 Å². The van der Waals surface area contributed by atoms with Crippen LogP contribution >= 0.6 is 24.0 Å². The van der Waals surface area contributed by atoms with Crippen molar-refractivity contribution in [1.82, 2.24) is 10.6 Å². The Bertz CT molecular complexity index is 788. The van der Waals surface area contributed by atoms with Crippen molar-refractivity contribution >= 4 is 29.9 Å². The van der Waals surface area contributed by atoms with Gasteiger partial charge in [-0.1, -0.05) is 6.07 Å². The first kappa shape index (κ1) is 23.9. The van der Waals surface area contributed by atoms with Crippen molar-refractivity contribution < 1.29 is 18.3 Å². The van der Waals surface area contributed by atoms with Gasteiger partial charge in [0.05, 0.1) is 20.8 Å². The van der Waals surface area contributed by atoms with Gasteiger partial charge in [0.1, 0.15) is 11.6 Å². The molecule has 28 heavy (non-hydrogen) atoms. The molecule has 0 radical (unpaired) electrons. The Morgan fingerprint density at radius 3 is 2.43 bits per heavy atom. The molecule has 8 heteroatoms. The molecule has 2 N–H and O–H groups in total. The molecule has 2 rings (SSSR count). The summed E-state index contributed by atoms with van der Waals surface area (Å²) in [5.41, 5.74) is 1.29. The molecule has 0 saturated carbocycles. The van der Waals surface area contributed by atoms with Gasteiger partial charge in [0.2, 0.25) is 0 Å². The second-order valence-electron chi connectivity index (χ2n) is 5.80. The fourth-order valence-corrected chi connectivity index (χ4v) is 2.54. The summed E-state index contributed by atoms with van der Waals surface area (Å²) in [6.07, 6.45) is 0.352. The van der Waals surface area contributed by atoms with Crippen molar-refractivity contribution in [2.75, 3.05) is 27.3 Å². The zero-order chi connectivity index (χ0) is 19.6. The van der Waals surface area contributed by atoms with E-state index in [1.165, 1.54) is 6.07 Å². The number of hydrogen-bond acceptors (Lipinski definition) is 3. The molecule has 0 aliphatic heterocycles. The van der Waals surface area contributed by atoms with Gasteiger partial charge in [0, 0.05) is 13.1 Å². The largest absolute Gasteiger partial charge is 0.493 e. The highest BCUT2D eigenvalue weighted by molar-refractivity contribution is 14.0. The van der Waals surface area contributed by atoms with Crippen LogP contribution in [0.5, 0.6) is 11.5 Å². The van der Waals surface area contributed by atoms with E-state index >= 15 is 0 Å². The number of aliphatic imine (C=N–C) groups is 1. The van der Waals surface area contributed by atoms with Gasteiger partial charge in [-0.15, -0.1) is 24.0 Å². The SMILES string of the molecule is CCNC(=NCc1ccc(OC)c(OC)c1)NCCc1cc(F)ccc1F.I. The molecule has 0 amide bonds. The highest BCUT2D eigenvalue weighted by atomic mass is 127. The first-order valence-electron chi connectivity index (χ1n) is 8.74. The van der Waals surface area contributed by atoms with Crippen LogP contribution in [0.2, 0.25) is 0 Å². The molecule has 2 aromatic carbocycles. The molecule has 0 atom stereocenters. The Labute approximate surface area is 181 Å². The highest BCUT2D eigenvalue weighted by Crippen LogP contribution is 2.27. The van der Waals surface area contributed by atoms with E-state index in [2.05, 4.69) is 15.6 Å². The van der Waals surface area contributed by atoms with Gasteiger partial charge in [-0.25, -0.2) is 13.8 Å². The number of ether oxygens (including phenoxy) is 2. The Hall–Kier alpha value is -2.10. The molecule has 2 aromatic rings. The monoisotopic (exact) mass is 505 g/mol. The minimum absolute atomic E-state index is 0. The molecule has 0 unspecified atom stereocenters. The average Bonchev–Trinajstić information content (AvgIpc) is 2.68. The molecule has 0 aromatic heterocycles. The number of halogens is 3. The number of guanidine groups is 1. The second kappa shape index (κ2) is 12.4. The molecule has 0 heterocycles. The van der Waals surface area contributed by atoms with Crippen LogP contribution in [0, 0.1) is 11.6 Å². The summed E-state index contributed by atoms with van der Waals surface area (Å²) in [6.45, 7) is 3.51. The fraction of sp³-hybridized carbons (Fsp3) is 0.350. The van der Waals surface area contributed by atoms with Gasteiger partial charge < -0.3 is 20.1 Å². The van der Waals surface area contributed by atoms with Crippen LogP contribution in [-0.4, -0.2) is 33.3 Å². The summed E-state index contributed by atoms with van der Waals surface area (Å²) >= 11 is 0. The zero-order valence-electron chi connectivity index (χ0n) is 16.2. The lowest BCUT2D eigenvalue weighted by molar-refractivity contribution is 0.354. The maximum absolute atomic E-state index is 13.7. The average molecular weight is 505 g/mol. The zero-order valence-corrected chi connectivity index (χ0v) is 18.6. The van der Waals surface area contributed by atoms with Crippen molar-refractivity contribution in [3.63, 3.8) is 0 Å². The number of rotatable bonds is 8. The van der Waals surface area contributed by atoms with Crippen molar-refractivity contribution in [2.45, 2.75) is 19.9 Å². The minimum atomic E-state index is -0.444. The number of nitrogens with zero attached hydrogens (tertiary/aromatic N) is 1. The highest BCUT2D eigenvalue weighted by Gasteiger charge is 2.06. The maximum Gasteiger partial charge on any atom is 0.191 e. The lowest BCUT2D eigenvalue weighted by atomic mass is 10.1. The van der Waals surface area contributed by atoms with E-state index in [0.29, 0.717) is 49.1 Å². The number of hydrogen-bond donors (Lipinski definition) is 2. The maximum atomic E-state index is 13.7. The van der Waals surface area contributed by atoms with Crippen molar-refractivity contribution in [2.24, 2.45) is 4.99 Å². The Kier molecular flexibility index (Phi) is 10.6. The Morgan fingerprint density at radius 2 is 1.75 bits per heavy atom. The van der Waals surface area contributed by atoms with E-state index < -0.39 is 11.6 Å². The summed E-state index contributed by atoms with van der Waals surface area (Å²) in [5, 5.41) is 6.26. The van der Waals surface area contributed by atoms with Crippen molar-refractivity contribution in [3.8, 4) is 11.5 Å². The van der Waals surface area contributed by atoms with Crippen LogP contribution in [0.25, 0.3) is 0 Å². The smallest absolute Gasteiger partial charge is 0.191 e. The third-order valence-electron chi connectivity index (χ3n) is 3.91. The lowest BCUT2D eigenvalue weighted by Crippen LogP contribution is -2.38. The predicted octanol–water partition coefficient (Wildman–Crippen LogP) is 3.90. The van der Waals surface area contributed by atoms with E-state index in [4.69, 9.17) is 9.47 Å². The number of methoxy groups -OCH3 is 2. The molecular formula is C20H26F2IN3O2. The normalized spacial score (nSPS) is 10.8. The third-order valence-corrected chi connectivity index (χ3v) is 3.91. The van der Waals surface area contributed by atoms with Gasteiger partial charge >= 0.3 is 0 Å². The fourth-order valence-electron chi connectivity index (χ4n) is 2.54. The van der Waals surface area contributed by atoms with Gasteiger partial charge in [-0.3, -0.25) is 0 Å². The lowest BCUT2D eigenvalue weighted by Gasteiger charge is -2.12. The minimum Gasteiger partial charge on any atom is -0.493 e. The molecule has 0 bridgehead atoms. The van der Waals surface area contributed by atoms with E-state index in [9.17, 15) is 8.78 Å². The summed E-state index contributed by atoms with van der Waals surface area (Å²) in [7, 11) is 3.17. The van der Waals surface area contributed by atoms with Crippen LogP contribution in [0.3, 0.4) is 0 Å². The Balaban J connectivity index is 0.00000392.